The third kappa shape index (κ3) is 5.80. The molecule has 0 spiro atoms. The van der Waals surface area contributed by atoms with Crippen LogP contribution in [0, 0.1) is 18.7 Å². The van der Waals surface area contributed by atoms with Crippen molar-refractivity contribution in [1.82, 2.24) is 4.90 Å². The maximum absolute atomic E-state index is 13.4. The van der Waals surface area contributed by atoms with Gasteiger partial charge in [0.1, 0.15) is 11.6 Å². The Bertz CT molecular complexity index is 809. The van der Waals surface area contributed by atoms with Crippen LogP contribution in [0.2, 0.25) is 0 Å². The predicted octanol–water partition coefficient (Wildman–Crippen LogP) is 4.77. The van der Waals surface area contributed by atoms with Crippen molar-refractivity contribution in [1.29, 1.82) is 0 Å². The molecule has 1 saturated heterocycles. The lowest BCUT2D eigenvalue weighted by atomic mass is 9.93. The summed E-state index contributed by atoms with van der Waals surface area (Å²) in [5.41, 5.74) is 2.84. The number of halogens is 1. The Morgan fingerprint density at radius 3 is 2.89 bits per heavy atom. The van der Waals surface area contributed by atoms with E-state index in [1.54, 1.807) is 19.2 Å². The molecule has 0 aliphatic carbocycles. The van der Waals surface area contributed by atoms with Crippen molar-refractivity contribution in [3.63, 3.8) is 0 Å². The monoisotopic (exact) mass is 384 g/mol. The molecule has 2 aromatic carbocycles. The van der Waals surface area contributed by atoms with Gasteiger partial charge in [0.2, 0.25) is 5.91 Å². The van der Waals surface area contributed by atoms with Crippen molar-refractivity contribution >= 4 is 11.6 Å². The number of hydrogen-bond donors (Lipinski definition) is 1. The van der Waals surface area contributed by atoms with Crippen LogP contribution in [0.15, 0.2) is 42.5 Å². The van der Waals surface area contributed by atoms with Gasteiger partial charge in [0, 0.05) is 25.2 Å². The van der Waals surface area contributed by atoms with Crippen LogP contribution in [0.25, 0.3) is 0 Å². The second kappa shape index (κ2) is 9.69. The molecule has 150 valence electrons. The molecule has 5 heteroatoms. The van der Waals surface area contributed by atoms with Crippen LogP contribution < -0.4 is 10.1 Å². The van der Waals surface area contributed by atoms with Gasteiger partial charge < -0.3 is 10.1 Å². The molecule has 2 aromatic rings. The van der Waals surface area contributed by atoms with Crippen LogP contribution >= 0.6 is 0 Å². The lowest BCUT2D eigenvalue weighted by Crippen LogP contribution is -2.35. The molecule has 1 N–H and O–H groups in total. The summed E-state index contributed by atoms with van der Waals surface area (Å²) in [7, 11) is 1.63. The smallest absolute Gasteiger partial charge is 0.224 e. The topological polar surface area (TPSA) is 41.6 Å². The summed E-state index contributed by atoms with van der Waals surface area (Å²) >= 11 is 0. The molecule has 1 fully saturated rings. The highest BCUT2D eigenvalue weighted by molar-refractivity contribution is 5.91. The van der Waals surface area contributed by atoms with Gasteiger partial charge in [0.25, 0.3) is 0 Å². The summed E-state index contributed by atoms with van der Waals surface area (Å²) in [6.45, 7) is 4.73. The second-order valence-corrected chi connectivity index (χ2v) is 7.64. The fourth-order valence-electron chi connectivity index (χ4n) is 3.88. The lowest BCUT2D eigenvalue weighted by molar-refractivity contribution is -0.116. The summed E-state index contributed by atoms with van der Waals surface area (Å²) < 4.78 is 18.6. The van der Waals surface area contributed by atoms with Crippen molar-refractivity contribution < 1.29 is 13.9 Å². The number of anilines is 1. The molecule has 1 amide bonds. The van der Waals surface area contributed by atoms with Crippen LogP contribution in [0.1, 0.15) is 36.8 Å². The number of nitrogens with one attached hydrogen (secondary N) is 1. The van der Waals surface area contributed by atoms with Gasteiger partial charge in [-0.05, 0) is 80.1 Å². The molecule has 4 nitrogen and oxygen atoms in total. The predicted molar refractivity (Wildman–Crippen MR) is 110 cm³/mol. The number of hydrogen-bond acceptors (Lipinski definition) is 3. The molecule has 1 atom stereocenters. The van der Waals surface area contributed by atoms with Crippen LogP contribution in [0.4, 0.5) is 10.1 Å². The minimum atomic E-state index is -0.184. The molecule has 28 heavy (non-hydrogen) atoms. The quantitative estimate of drug-likeness (QED) is 0.747. The fourth-order valence-corrected chi connectivity index (χ4v) is 3.88. The van der Waals surface area contributed by atoms with Gasteiger partial charge in [-0.15, -0.1) is 0 Å². The van der Waals surface area contributed by atoms with E-state index < -0.39 is 0 Å². The zero-order chi connectivity index (χ0) is 19.9. The van der Waals surface area contributed by atoms with E-state index in [1.807, 2.05) is 31.2 Å². The summed E-state index contributed by atoms with van der Waals surface area (Å²) in [4.78, 5) is 14.7. The Morgan fingerprint density at radius 1 is 1.29 bits per heavy atom. The number of rotatable bonds is 7. The molecule has 0 aromatic heterocycles. The van der Waals surface area contributed by atoms with E-state index in [0.29, 0.717) is 12.3 Å². The van der Waals surface area contributed by atoms with Crippen molar-refractivity contribution in [2.75, 3.05) is 25.5 Å². The van der Waals surface area contributed by atoms with Crippen molar-refractivity contribution in [2.45, 2.75) is 39.2 Å². The Morgan fingerprint density at radius 2 is 2.14 bits per heavy atom. The number of carbonyl (C=O) groups is 1. The molecule has 1 heterocycles. The summed E-state index contributed by atoms with van der Waals surface area (Å²) in [5, 5.41) is 3.01. The highest BCUT2D eigenvalue weighted by atomic mass is 19.1. The minimum absolute atomic E-state index is 0.0514. The van der Waals surface area contributed by atoms with Crippen molar-refractivity contribution in [3.8, 4) is 5.75 Å². The summed E-state index contributed by atoms with van der Waals surface area (Å²) in [5.74, 6) is 1.16. The average Bonchev–Trinajstić information content (AvgIpc) is 2.68. The number of benzene rings is 2. The van der Waals surface area contributed by atoms with Gasteiger partial charge in [-0.1, -0.05) is 12.1 Å². The molecular formula is C23H29FN2O2. The van der Waals surface area contributed by atoms with Gasteiger partial charge in [0.15, 0.2) is 0 Å². The second-order valence-electron chi connectivity index (χ2n) is 7.64. The first-order valence-electron chi connectivity index (χ1n) is 9.95. The third-order valence-corrected chi connectivity index (χ3v) is 5.39. The SMILES string of the molecule is COc1ccc(NC(=O)CCC2CCCN(Cc3cccc(F)c3)C2)c(C)c1. The minimum Gasteiger partial charge on any atom is -0.497 e. The highest BCUT2D eigenvalue weighted by Gasteiger charge is 2.21. The number of methoxy groups -OCH3 is 1. The standard InChI is InChI=1S/C23H29FN2O2/c1-17-13-21(28-2)9-10-22(17)25-23(27)11-8-18-6-4-12-26(15-18)16-19-5-3-7-20(24)14-19/h3,5,7,9-10,13-14,18H,4,6,8,11-12,15-16H2,1-2H3,(H,25,27). The maximum Gasteiger partial charge on any atom is 0.224 e. The van der Waals surface area contributed by atoms with E-state index in [1.165, 1.54) is 6.07 Å². The van der Waals surface area contributed by atoms with Gasteiger partial charge in [0.05, 0.1) is 7.11 Å². The lowest BCUT2D eigenvalue weighted by Gasteiger charge is -2.32. The first kappa shape index (κ1) is 20.3. The van der Waals surface area contributed by atoms with E-state index in [4.69, 9.17) is 4.74 Å². The maximum atomic E-state index is 13.4. The number of ether oxygens (including phenoxy) is 1. The van der Waals surface area contributed by atoms with E-state index in [9.17, 15) is 9.18 Å². The van der Waals surface area contributed by atoms with Gasteiger partial charge in [-0.3, -0.25) is 9.69 Å². The Kier molecular flexibility index (Phi) is 7.04. The molecule has 0 saturated carbocycles. The third-order valence-electron chi connectivity index (χ3n) is 5.39. The van der Waals surface area contributed by atoms with E-state index in [0.717, 1.165) is 61.5 Å². The number of amides is 1. The molecule has 0 bridgehead atoms. The molecule has 1 aliphatic heterocycles. The zero-order valence-corrected chi connectivity index (χ0v) is 16.7. The Labute approximate surface area is 166 Å². The van der Waals surface area contributed by atoms with Crippen molar-refractivity contribution in [3.05, 3.63) is 59.4 Å². The Hall–Kier alpha value is -2.40. The molecular weight excluding hydrogens is 355 g/mol. The molecule has 1 unspecified atom stereocenters. The van der Waals surface area contributed by atoms with E-state index in [2.05, 4.69) is 10.2 Å². The number of carbonyl (C=O) groups excluding carboxylic acids is 1. The molecule has 0 radical (unpaired) electrons. The van der Waals surface area contributed by atoms with E-state index in [-0.39, 0.29) is 11.7 Å². The van der Waals surface area contributed by atoms with Crippen LogP contribution in [0.3, 0.4) is 0 Å². The number of nitrogens with zero attached hydrogens (tertiary/aromatic N) is 1. The number of likely N-dealkylation sites (tertiary alicyclic amines) is 1. The Balaban J connectivity index is 1.46. The zero-order valence-electron chi connectivity index (χ0n) is 16.7. The summed E-state index contributed by atoms with van der Waals surface area (Å²) in [6.07, 6.45) is 3.66. The fraction of sp³-hybridized carbons (Fsp3) is 0.435. The van der Waals surface area contributed by atoms with Gasteiger partial charge in [-0.25, -0.2) is 4.39 Å². The van der Waals surface area contributed by atoms with Gasteiger partial charge in [-0.2, -0.15) is 0 Å². The molecule has 1 aliphatic rings. The first-order valence-corrected chi connectivity index (χ1v) is 9.95. The highest BCUT2D eigenvalue weighted by Crippen LogP contribution is 2.24. The van der Waals surface area contributed by atoms with Crippen molar-refractivity contribution in [2.24, 2.45) is 5.92 Å². The average molecular weight is 384 g/mol. The normalized spacial score (nSPS) is 17.3. The van der Waals surface area contributed by atoms with Crippen LogP contribution in [0.5, 0.6) is 5.75 Å². The van der Waals surface area contributed by atoms with Gasteiger partial charge >= 0.3 is 0 Å². The van der Waals surface area contributed by atoms with Crippen LogP contribution in [-0.4, -0.2) is 31.0 Å². The summed E-state index contributed by atoms with van der Waals surface area (Å²) in [6, 6.07) is 12.5. The molecule has 3 rings (SSSR count). The van der Waals surface area contributed by atoms with E-state index >= 15 is 0 Å². The number of aryl methyl sites for hydroxylation is 1. The largest absolute Gasteiger partial charge is 0.497 e. The first-order chi connectivity index (χ1) is 13.5. The van der Waals surface area contributed by atoms with Crippen LogP contribution in [-0.2, 0) is 11.3 Å². The number of piperidine rings is 1.